The minimum absolute atomic E-state index is 0.0251. The maximum atomic E-state index is 12.1. The van der Waals surface area contributed by atoms with E-state index >= 15 is 0 Å². The molecular weight excluding hydrogens is 290 g/mol. The standard InChI is InChI=1S/C15H18ClN3O2/c1-5-21-15(20)14-12(8-18-19(14)4)10(3)11-7-17-13(16)6-9(11)2/h6-8,10H,5H2,1-4H3. The number of aryl methyl sites for hydroxylation is 2. The molecule has 0 aliphatic rings. The Hall–Kier alpha value is -1.88. The van der Waals surface area contributed by atoms with E-state index in [1.54, 1.807) is 31.0 Å². The summed E-state index contributed by atoms with van der Waals surface area (Å²) in [6, 6.07) is 1.81. The Labute approximate surface area is 128 Å². The summed E-state index contributed by atoms with van der Waals surface area (Å²) in [6.07, 6.45) is 3.44. The van der Waals surface area contributed by atoms with Gasteiger partial charge in [0.25, 0.3) is 0 Å². The molecule has 5 nitrogen and oxygen atoms in total. The van der Waals surface area contributed by atoms with E-state index in [9.17, 15) is 4.79 Å². The lowest BCUT2D eigenvalue weighted by atomic mass is 9.92. The van der Waals surface area contributed by atoms with E-state index in [1.165, 1.54) is 0 Å². The summed E-state index contributed by atoms with van der Waals surface area (Å²) in [4.78, 5) is 16.2. The third-order valence-electron chi connectivity index (χ3n) is 3.49. The lowest BCUT2D eigenvalue weighted by Crippen LogP contribution is -2.14. The van der Waals surface area contributed by atoms with Gasteiger partial charge in [-0.15, -0.1) is 0 Å². The number of carbonyl (C=O) groups excluding carboxylic acids is 1. The summed E-state index contributed by atoms with van der Waals surface area (Å²) in [7, 11) is 1.73. The van der Waals surface area contributed by atoms with Crippen LogP contribution >= 0.6 is 11.6 Å². The third kappa shape index (κ3) is 3.08. The Balaban J connectivity index is 2.44. The van der Waals surface area contributed by atoms with Crippen LogP contribution in [0, 0.1) is 6.92 Å². The predicted octanol–water partition coefficient (Wildman–Crippen LogP) is 3.11. The van der Waals surface area contributed by atoms with Crippen LogP contribution in [0.1, 0.15) is 46.9 Å². The van der Waals surface area contributed by atoms with Crippen LogP contribution < -0.4 is 0 Å². The van der Waals surface area contributed by atoms with E-state index in [0.717, 1.165) is 16.7 Å². The maximum absolute atomic E-state index is 12.1. The van der Waals surface area contributed by atoms with Crippen LogP contribution in [0.15, 0.2) is 18.5 Å². The van der Waals surface area contributed by atoms with Crippen molar-refractivity contribution in [3.05, 3.63) is 46.0 Å². The van der Waals surface area contributed by atoms with E-state index in [0.29, 0.717) is 17.5 Å². The summed E-state index contributed by atoms with van der Waals surface area (Å²) < 4.78 is 6.65. The van der Waals surface area contributed by atoms with Crippen molar-refractivity contribution < 1.29 is 9.53 Å². The largest absolute Gasteiger partial charge is 0.461 e. The van der Waals surface area contributed by atoms with Crippen molar-refractivity contribution in [2.75, 3.05) is 6.61 Å². The van der Waals surface area contributed by atoms with Gasteiger partial charge in [0.15, 0.2) is 0 Å². The first-order valence-corrected chi connectivity index (χ1v) is 7.14. The highest BCUT2D eigenvalue weighted by atomic mass is 35.5. The fourth-order valence-electron chi connectivity index (χ4n) is 2.37. The van der Waals surface area contributed by atoms with Crippen LogP contribution in [0.4, 0.5) is 0 Å². The van der Waals surface area contributed by atoms with E-state index in [2.05, 4.69) is 10.1 Å². The molecule has 1 atom stereocenters. The molecule has 2 aromatic heterocycles. The molecule has 1 unspecified atom stereocenters. The highest BCUT2D eigenvalue weighted by Gasteiger charge is 2.24. The van der Waals surface area contributed by atoms with E-state index in [-0.39, 0.29) is 11.9 Å². The first-order valence-electron chi connectivity index (χ1n) is 6.76. The van der Waals surface area contributed by atoms with Crippen molar-refractivity contribution in [2.24, 2.45) is 7.05 Å². The average Bonchev–Trinajstić information content (AvgIpc) is 2.80. The average molecular weight is 308 g/mol. The normalized spacial score (nSPS) is 12.2. The first kappa shape index (κ1) is 15.5. The smallest absolute Gasteiger partial charge is 0.356 e. The van der Waals surface area contributed by atoms with Crippen LogP contribution in [-0.4, -0.2) is 27.3 Å². The summed E-state index contributed by atoms with van der Waals surface area (Å²) in [6.45, 7) is 6.10. The topological polar surface area (TPSA) is 57.0 Å². The summed E-state index contributed by atoms with van der Waals surface area (Å²) in [5.74, 6) is -0.387. The number of ether oxygens (including phenoxy) is 1. The zero-order valence-electron chi connectivity index (χ0n) is 12.6. The Kier molecular flexibility index (Phi) is 4.63. The number of carbonyl (C=O) groups is 1. The fraction of sp³-hybridized carbons (Fsp3) is 0.400. The molecule has 0 fully saturated rings. The SMILES string of the molecule is CCOC(=O)c1c(C(C)c2cnc(Cl)cc2C)cnn1C. The number of esters is 1. The molecule has 0 spiro atoms. The molecular formula is C15H18ClN3O2. The fourth-order valence-corrected chi connectivity index (χ4v) is 2.59. The van der Waals surface area contributed by atoms with Gasteiger partial charge in [0.2, 0.25) is 0 Å². The van der Waals surface area contributed by atoms with Gasteiger partial charge >= 0.3 is 5.97 Å². The van der Waals surface area contributed by atoms with Gasteiger partial charge in [0.1, 0.15) is 10.8 Å². The van der Waals surface area contributed by atoms with Gasteiger partial charge in [-0.25, -0.2) is 9.78 Å². The van der Waals surface area contributed by atoms with E-state index < -0.39 is 0 Å². The molecule has 6 heteroatoms. The Morgan fingerprint density at radius 1 is 1.43 bits per heavy atom. The molecule has 0 aromatic carbocycles. The van der Waals surface area contributed by atoms with Crippen LogP contribution in [0.25, 0.3) is 0 Å². The molecule has 2 aromatic rings. The molecule has 0 saturated carbocycles. The number of nitrogens with zero attached hydrogens (tertiary/aromatic N) is 3. The number of pyridine rings is 1. The highest BCUT2D eigenvalue weighted by molar-refractivity contribution is 6.29. The van der Waals surface area contributed by atoms with E-state index in [4.69, 9.17) is 16.3 Å². The van der Waals surface area contributed by atoms with Gasteiger partial charge in [0, 0.05) is 24.7 Å². The molecule has 0 amide bonds. The van der Waals surface area contributed by atoms with Gasteiger partial charge in [-0.2, -0.15) is 5.10 Å². The molecule has 0 N–H and O–H groups in total. The molecule has 0 bridgehead atoms. The van der Waals surface area contributed by atoms with Crippen LogP contribution in [0.2, 0.25) is 5.15 Å². The van der Waals surface area contributed by atoms with Crippen molar-refractivity contribution in [1.82, 2.24) is 14.8 Å². The van der Waals surface area contributed by atoms with Gasteiger partial charge in [-0.3, -0.25) is 4.68 Å². The minimum Gasteiger partial charge on any atom is -0.461 e. The number of hydrogen-bond donors (Lipinski definition) is 0. The first-order chi connectivity index (χ1) is 9.95. The molecule has 21 heavy (non-hydrogen) atoms. The third-order valence-corrected chi connectivity index (χ3v) is 3.69. The zero-order valence-corrected chi connectivity index (χ0v) is 13.3. The number of hydrogen-bond acceptors (Lipinski definition) is 4. The Morgan fingerprint density at radius 3 is 2.76 bits per heavy atom. The maximum Gasteiger partial charge on any atom is 0.356 e. The summed E-state index contributed by atoms with van der Waals surface area (Å²) in [5.41, 5.74) is 3.33. The van der Waals surface area contributed by atoms with Gasteiger partial charge in [-0.1, -0.05) is 18.5 Å². The molecule has 112 valence electrons. The van der Waals surface area contributed by atoms with Crippen molar-refractivity contribution in [3.8, 4) is 0 Å². The quantitative estimate of drug-likeness (QED) is 0.643. The molecule has 0 aliphatic heterocycles. The van der Waals surface area contributed by atoms with Crippen molar-refractivity contribution >= 4 is 17.6 Å². The number of aromatic nitrogens is 3. The molecule has 0 aliphatic carbocycles. The van der Waals surface area contributed by atoms with Crippen LogP contribution in [0.3, 0.4) is 0 Å². The lowest BCUT2D eigenvalue weighted by molar-refractivity contribution is 0.0512. The highest BCUT2D eigenvalue weighted by Crippen LogP contribution is 2.29. The van der Waals surface area contributed by atoms with Crippen molar-refractivity contribution in [1.29, 1.82) is 0 Å². The zero-order chi connectivity index (χ0) is 15.6. The molecule has 0 radical (unpaired) electrons. The molecule has 0 saturated heterocycles. The van der Waals surface area contributed by atoms with Gasteiger partial charge in [0.05, 0.1) is 12.8 Å². The summed E-state index contributed by atoms with van der Waals surface area (Å²) in [5, 5.41) is 4.64. The van der Waals surface area contributed by atoms with Crippen molar-refractivity contribution in [2.45, 2.75) is 26.7 Å². The minimum atomic E-state index is -0.362. The second-order valence-electron chi connectivity index (χ2n) is 4.88. The van der Waals surface area contributed by atoms with Crippen LogP contribution in [0.5, 0.6) is 0 Å². The summed E-state index contributed by atoms with van der Waals surface area (Å²) >= 11 is 5.89. The van der Waals surface area contributed by atoms with Crippen molar-refractivity contribution in [3.63, 3.8) is 0 Å². The van der Waals surface area contributed by atoms with Crippen LogP contribution in [-0.2, 0) is 11.8 Å². The molecule has 2 heterocycles. The lowest BCUT2D eigenvalue weighted by Gasteiger charge is -2.15. The number of halogens is 1. The second kappa shape index (κ2) is 6.26. The number of rotatable bonds is 4. The second-order valence-corrected chi connectivity index (χ2v) is 5.27. The van der Waals surface area contributed by atoms with Gasteiger partial charge in [-0.05, 0) is 31.0 Å². The Bertz CT molecular complexity index is 667. The molecule has 2 rings (SSSR count). The van der Waals surface area contributed by atoms with Gasteiger partial charge < -0.3 is 4.74 Å². The Morgan fingerprint density at radius 2 is 2.14 bits per heavy atom. The monoisotopic (exact) mass is 307 g/mol. The predicted molar refractivity (Wildman–Crippen MR) is 80.7 cm³/mol. The van der Waals surface area contributed by atoms with E-state index in [1.807, 2.05) is 19.9 Å².